The van der Waals surface area contributed by atoms with E-state index in [1.165, 1.54) is 17.4 Å². The van der Waals surface area contributed by atoms with Crippen molar-refractivity contribution < 1.29 is 13.2 Å². The van der Waals surface area contributed by atoms with Gasteiger partial charge in [-0.1, -0.05) is 19.1 Å². The van der Waals surface area contributed by atoms with Crippen molar-refractivity contribution in [3.8, 4) is 0 Å². The molecule has 0 atom stereocenters. The highest BCUT2D eigenvalue weighted by Gasteiger charge is 2.19. The van der Waals surface area contributed by atoms with E-state index in [0.717, 1.165) is 9.35 Å². The maximum absolute atomic E-state index is 12.2. The number of anilines is 1. The van der Waals surface area contributed by atoms with Gasteiger partial charge in [0.05, 0.1) is 25.0 Å². The molecule has 1 aromatic heterocycles. The number of carbonyl (C=O) groups excluding carboxylic acids is 1. The van der Waals surface area contributed by atoms with Crippen LogP contribution in [0.2, 0.25) is 0 Å². The van der Waals surface area contributed by atoms with Crippen LogP contribution in [0.4, 0.5) is 5.69 Å². The second-order valence-electron chi connectivity index (χ2n) is 4.42. The largest absolute Gasteiger partial charge is 0.320 e. The molecule has 2 rings (SSSR count). The van der Waals surface area contributed by atoms with Crippen LogP contribution in [0.25, 0.3) is 0 Å². The highest BCUT2D eigenvalue weighted by molar-refractivity contribution is 9.11. The van der Waals surface area contributed by atoms with Crippen LogP contribution in [0.5, 0.6) is 0 Å². The first kappa shape index (κ1) is 16.2. The molecular formula is C14H14BrNO3S2. The van der Waals surface area contributed by atoms with E-state index in [9.17, 15) is 13.2 Å². The third-order valence-electron chi connectivity index (χ3n) is 2.93. The minimum absolute atomic E-state index is 0.0104. The van der Waals surface area contributed by atoms with Gasteiger partial charge in [-0.2, -0.15) is 0 Å². The summed E-state index contributed by atoms with van der Waals surface area (Å²) in [5.74, 6) is -0.323. The minimum atomic E-state index is -3.38. The summed E-state index contributed by atoms with van der Waals surface area (Å²) in [7, 11) is -3.38. The lowest BCUT2D eigenvalue weighted by molar-refractivity contribution is 0.103. The monoisotopic (exact) mass is 387 g/mol. The Bertz CT molecular complexity index is 762. The first-order valence-corrected chi connectivity index (χ1v) is 9.50. The number of amides is 1. The first-order chi connectivity index (χ1) is 9.85. The zero-order valence-electron chi connectivity index (χ0n) is 11.5. The fourth-order valence-corrected chi connectivity index (χ4v) is 4.23. The van der Waals surface area contributed by atoms with Crippen molar-refractivity contribution in [3.05, 3.63) is 44.6 Å². The van der Waals surface area contributed by atoms with Gasteiger partial charge in [0.1, 0.15) is 0 Å². The lowest BCUT2D eigenvalue weighted by Gasteiger charge is -2.10. The summed E-state index contributed by atoms with van der Waals surface area (Å²) < 4.78 is 25.0. The second-order valence-corrected chi connectivity index (χ2v) is 9.04. The molecule has 0 unspecified atom stereocenters. The van der Waals surface area contributed by atoms with Gasteiger partial charge in [0.2, 0.25) is 0 Å². The van der Waals surface area contributed by atoms with Crippen molar-refractivity contribution in [2.24, 2.45) is 0 Å². The summed E-state index contributed by atoms with van der Waals surface area (Å²) in [6, 6.07) is 8.20. The number of carbonyl (C=O) groups is 1. The number of hydrogen-bond acceptors (Lipinski definition) is 4. The average Bonchev–Trinajstić information content (AvgIpc) is 2.79. The van der Waals surface area contributed by atoms with Crippen LogP contribution in [-0.4, -0.2) is 20.1 Å². The number of rotatable bonds is 4. The van der Waals surface area contributed by atoms with Gasteiger partial charge in [-0.15, -0.1) is 11.3 Å². The molecule has 21 heavy (non-hydrogen) atoms. The smallest absolute Gasteiger partial charge is 0.265 e. The van der Waals surface area contributed by atoms with Gasteiger partial charge in [-0.05, 0) is 46.6 Å². The van der Waals surface area contributed by atoms with Gasteiger partial charge in [0.15, 0.2) is 9.84 Å². The number of sulfone groups is 1. The van der Waals surface area contributed by atoms with Crippen LogP contribution in [-0.2, 0) is 9.84 Å². The predicted molar refractivity (Wildman–Crippen MR) is 88.9 cm³/mol. The maximum Gasteiger partial charge on any atom is 0.265 e. The molecule has 0 aliphatic carbocycles. The van der Waals surface area contributed by atoms with Crippen molar-refractivity contribution in [3.63, 3.8) is 0 Å². The Kier molecular flexibility index (Phi) is 4.85. The number of benzene rings is 1. The third kappa shape index (κ3) is 3.53. The van der Waals surface area contributed by atoms with Crippen LogP contribution in [0.3, 0.4) is 0 Å². The summed E-state index contributed by atoms with van der Waals surface area (Å²) in [6.45, 7) is 3.47. The molecule has 0 fully saturated rings. The third-order valence-corrected chi connectivity index (χ3v) is 6.85. The Morgan fingerprint density at radius 3 is 2.57 bits per heavy atom. The first-order valence-electron chi connectivity index (χ1n) is 6.24. The molecule has 0 spiro atoms. The van der Waals surface area contributed by atoms with Crippen LogP contribution < -0.4 is 5.32 Å². The van der Waals surface area contributed by atoms with E-state index >= 15 is 0 Å². The van der Waals surface area contributed by atoms with Crippen molar-refractivity contribution in [1.82, 2.24) is 0 Å². The predicted octanol–water partition coefficient (Wildman–Crippen LogP) is 3.86. The Labute approximate surface area is 136 Å². The molecule has 1 amide bonds. The molecule has 2 aromatic rings. The minimum Gasteiger partial charge on any atom is -0.320 e. The fraction of sp³-hybridized carbons (Fsp3) is 0.214. The number of para-hydroxylation sites is 1. The molecule has 1 N–H and O–H groups in total. The van der Waals surface area contributed by atoms with Crippen LogP contribution in [0.1, 0.15) is 22.2 Å². The number of nitrogens with one attached hydrogen (secondary N) is 1. The topological polar surface area (TPSA) is 63.2 Å². The van der Waals surface area contributed by atoms with E-state index in [0.29, 0.717) is 10.6 Å². The molecule has 0 saturated carbocycles. The van der Waals surface area contributed by atoms with E-state index in [1.807, 2.05) is 6.92 Å². The van der Waals surface area contributed by atoms with E-state index in [1.54, 1.807) is 31.2 Å². The molecule has 4 nitrogen and oxygen atoms in total. The SMILES string of the molecule is CCS(=O)(=O)c1ccccc1NC(=O)c1cc(C)c(Br)s1. The van der Waals surface area contributed by atoms with E-state index in [4.69, 9.17) is 0 Å². The summed E-state index contributed by atoms with van der Waals surface area (Å²) in [4.78, 5) is 12.9. The van der Waals surface area contributed by atoms with E-state index < -0.39 is 9.84 Å². The number of halogens is 1. The van der Waals surface area contributed by atoms with Crippen LogP contribution >= 0.6 is 27.3 Å². The Hall–Kier alpha value is -1.18. The summed E-state index contributed by atoms with van der Waals surface area (Å²) in [5, 5.41) is 2.68. The molecule has 112 valence electrons. The van der Waals surface area contributed by atoms with Crippen LogP contribution in [0, 0.1) is 6.92 Å². The van der Waals surface area contributed by atoms with Gasteiger partial charge in [0, 0.05) is 0 Å². The summed E-state index contributed by atoms with van der Waals surface area (Å²) in [5.41, 5.74) is 1.28. The molecule has 0 aliphatic rings. The number of aryl methyl sites for hydroxylation is 1. The van der Waals surface area contributed by atoms with Gasteiger partial charge in [0.25, 0.3) is 5.91 Å². The average molecular weight is 388 g/mol. The highest BCUT2D eigenvalue weighted by Crippen LogP contribution is 2.29. The molecule has 1 heterocycles. The Morgan fingerprint density at radius 1 is 1.33 bits per heavy atom. The Balaban J connectivity index is 2.34. The van der Waals surface area contributed by atoms with Gasteiger partial charge >= 0.3 is 0 Å². The maximum atomic E-state index is 12.2. The second kappa shape index (κ2) is 6.29. The zero-order chi connectivity index (χ0) is 15.6. The van der Waals surface area contributed by atoms with Crippen molar-refractivity contribution in [2.45, 2.75) is 18.7 Å². The normalized spacial score (nSPS) is 11.4. The lowest BCUT2D eigenvalue weighted by Crippen LogP contribution is -2.14. The molecule has 7 heteroatoms. The van der Waals surface area contributed by atoms with E-state index in [-0.39, 0.29) is 16.6 Å². The summed E-state index contributed by atoms with van der Waals surface area (Å²) >= 11 is 4.69. The molecule has 0 saturated heterocycles. The van der Waals surface area contributed by atoms with Crippen LogP contribution in [0.15, 0.2) is 39.0 Å². The molecule has 1 aromatic carbocycles. The summed E-state index contributed by atoms with van der Waals surface area (Å²) in [6.07, 6.45) is 0. The lowest BCUT2D eigenvalue weighted by atomic mass is 10.3. The standard InChI is InChI=1S/C14H14BrNO3S2/c1-3-21(18,19)12-7-5-4-6-10(12)16-14(17)11-8-9(2)13(15)20-11/h4-8H,3H2,1-2H3,(H,16,17). The zero-order valence-corrected chi connectivity index (χ0v) is 14.7. The number of hydrogen-bond donors (Lipinski definition) is 1. The van der Waals surface area contributed by atoms with Gasteiger partial charge < -0.3 is 5.32 Å². The molecule has 0 radical (unpaired) electrons. The fourth-order valence-electron chi connectivity index (χ4n) is 1.75. The van der Waals surface area contributed by atoms with Gasteiger partial charge in [-0.3, -0.25) is 4.79 Å². The number of thiophene rings is 1. The van der Waals surface area contributed by atoms with Crippen molar-refractivity contribution >= 4 is 48.7 Å². The highest BCUT2D eigenvalue weighted by atomic mass is 79.9. The van der Waals surface area contributed by atoms with Crippen molar-refractivity contribution in [2.75, 3.05) is 11.1 Å². The van der Waals surface area contributed by atoms with Gasteiger partial charge in [-0.25, -0.2) is 8.42 Å². The Morgan fingerprint density at radius 2 is 2.00 bits per heavy atom. The quantitative estimate of drug-likeness (QED) is 0.865. The molecular weight excluding hydrogens is 374 g/mol. The van der Waals surface area contributed by atoms with E-state index in [2.05, 4.69) is 21.2 Å². The van der Waals surface area contributed by atoms with Crippen molar-refractivity contribution in [1.29, 1.82) is 0 Å². The molecule has 0 bridgehead atoms. The molecule has 0 aliphatic heterocycles.